The summed E-state index contributed by atoms with van der Waals surface area (Å²) in [5.74, 6) is -0.595. The van der Waals surface area contributed by atoms with E-state index in [-0.39, 0.29) is 0 Å². The zero-order chi connectivity index (χ0) is 13.9. The number of sulfonamides is 1. The first-order chi connectivity index (χ1) is 8.27. The third-order valence-corrected chi connectivity index (χ3v) is 3.75. The van der Waals surface area contributed by atoms with Crippen LogP contribution in [0.25, 0.3) is 0 Å². The zero-order valence-corrected chi connectivity index (χ0v) is 11.7. The van der Waals surface area contributed by atoms with Gasteiger partial charge in [-0.1, -0.05) is 12.1 Å². The van der Waals surface area contributed by atoms with Gasteiger partial charge < -0.3 is 4.74 Å². The normalized spacial score (nSPS) is 12.9. The highest BCUT2D eigenvalue weighted by Crippen LogP contribution is 2.22. The average Bonchev–Trinajstić information content (AvgIpc) is 2.26. The predicted octanol–water partition coefficient (Wildman–Crippen LogP) is 1.32. The molecule has 0 saturated heterocycles. The highest BCUT2D eigenvalue weighted by atomic mass is 32.2. The van der Waals surface area contributed by atoms with E-state index in [1.807, 2.05) is 13.0 Å². The molecule has 6 heteroatoms. The van der Waals surface area contributed by atoms with Gasteiger partial charge >= 0.3 is 5.97 Å². The highest BCUT2D eigenvalue weighted by Gasteiger charge is 2.29. The van der Waals surface area contributed by atoms with E-state index in [1.165, 1.54) is 14.0 Å². The van der Waals surface area contributed by atoms with Crippen molar-refractivity contribution in [3.8, 4) is 0 Å². The summed E-state index contributed by atoms with van der Waals surface area (Å²) in [5.41, 5.74) is 1.37. The second-order valence-corrected chi connectivity index (χ2v) is 5.96. The van der Waals surface area contributed by atoms with Crippen LogP contribution in [-0.2, 0) is 19.6 Å². The lowest BCUT2D eigenvalue weighted by Crippen LogP contribution is -2.43. The fraction of sp³-hybridized carbons (Fsp3) is 0.417. The van der Waals surface area contributed by atoms with Crippen molar-refractivity contribution >= 4 is 21.7 Å². The molecule has 1 atom stereocenters. The molecule has 0 spiro atoms. The lowest BCUT2D eigenvalue weighted by Gasteiger charge is -2.27. The Morgan fingerprint density at radius 2 is 2.00 bits per heavy atom. The molecule has 0 unspecified atom stereocenters. The van der Waals surface area contributed by atoms with E-state index >= 15 is 0 Å². The van der Waals surface area contributed by atoms with Gasteiger partial charge in [0.15, 0.2) is 0 Å². The number of nitrogens with zero attached hydrogens (tertiary/aromatic N) is 1. The maximum atomic E-state index is 11.8. The molecule has 1 aromatic rings. The lowest BCUT2D eigenvalue weighted by atomic mass is 10.2. The van der Waals surface area contributed by atoms with Gasteiger partial charge in [0.25, 0.3) is 0 Å². The van der Waals surface area contributed by atoms with Crippen LogP contribution < -0.4 is 4.31 Å². The van der Waals surface area contributed by atoms with Crippen molar-refractivity contribution in [1.82, 2.24) is 0 Å². The van der Waals surface area contributed by atoms with Crippen LogP contribution in [0, 0.1) is 6.92 Å². The molecular formula is C12H17NO4S. The first kappa shape index (κ1) is 14.5. The molecule has 0 aliphatic heterocycles. The van der Waals surface area contributed by atoms with Gasteiger partial charge in [-0.05, 0) is 31.5 Å². The molecule has 0 amide bonds. The predicted molar refractivity (Wildman–Crippen MR) is 70.0 cm³/mol. The van der Waals surface area contributed by atoms with E-state index in [4.69, 9.17) is 0 Å². The van der Waals surface area contributed by atoms with Crippen LogP contribution in [0.5, 0.6) is 0 Å². The number of esters is 1. The second kappa shape index (κ2) is 5.39. The SMILES string of the molecule is COC(=O)[C@@H](C)N(c1cccc(C)c1)S(C)(=O)=O. The third-order valence-electron chi connectivity index (χ3n) is 2.51. The van der Waals surface area contributed by atoms with Crippen LogP contribution in [0.1, 0.15) is 12.5 Å². The van der Waals surface area contributed by atoms with E-state index in [0.717, 1.165) is 16.1 Å². The van der Waals surface area contributed by atoms with Crippen LogP contribution in [0.3, 0.4) is 0 Å². The average molecular weight is 271 g/mol. The van der Waals surface area contributed by atoms with Crippen LogP contribution in [0.2, 0.25) is 0 Å². The monoisotopic (exact) mass is 271 g/mol. The largest absolute Gasteiger partial charge is 0.467 e. The third kappa shape index (κ3) is 3.22. The second-order valence-electron chi connectivity index (χ2n) is 4.10. The molecule has 0 bridgehead atoms. The number of methoxy groups -OCH3 is 1. The lowest BCUT2D eigenvalue weighted by molar-refractivity contribution is -0.141. The van der Waals surface area contributed by atoms with Gasteiger partial charge in [0.2, 0.25) is 10.0 Å². The Morgan fingerprint density at radius 3 is 2.44 bits per heavy atom. The summed E-state index contributed by atoms with van der Waals surface area (Å²) in [6, 6.07) is 6.06. The van der Waals surface area contributed by atoms with E-state index in [1.54, 1.807) is 18.2 Å². The minimum Gasteiger partial charge on any atom is -0.467 e. The quantitative estimate of drug-likeness (QED) is 0.775. The number of hydrogen-bond donors (Lipinski definition) is 0. The molecule has 1 aromatic carbocycles. The Bertz CT molecular complexity index is 539. The molecule has 5 nitrogen and oxygen atoms in total. The van der Waals surface area contributed by atoms with Crippen molar-refractivity contribution in [3.05, 3.63) is 29.8 Å². The van der Waals surface area contributed by atoms with Crippen molar-refractivity contribution in [2.24, 2.45) is 0 Å². The van der Waals surface area contributed by atoms with Crippen molar-refractivity contribution in [2.75, 3.05) is 17.7 Å². The number of aryl methyl sites for hydroxylation is 1. The van der Waals surface area contributed by atoms with Crippen LogP contribution in [-0.4, -0.2) is 33.8 Å². The first-order valence-electron chi connectivity index (χ1n) is 5.41. The molecule has 0 radical (unpaired) electrons. The van der Waals surface area contributed by atoms with Gasteiger partial charge in [0.05, 0.1) is 19.1 Å². The molecule has 0 heterocycles. The molecule has 18 heavy (non-hydrogen) atoms. The number of carbonyl (C=O) groups is 1. The molecular weight excluding hydrogens is 254 g/mol. The van der Waals surface area contributed by atoms with Crippen LogP contribution in [0.15, 0.2) is 24.3 Å². The number of carbonyl (C=O) groups excluding carboxylic acids is 1. The molecule has 1 rings (SSSR count). The molecule has 0 aromatic heterocycles. The maximum Gasteiger partial charge on any atom is 0.329 e. The molecule has 100 valence electrons. The minimum atomic E-state index is -3.56. The number of benzene rings is 1. The minimum absolute atomic E-state index is 0.454. The van der Waals surface area contributed by atoms with Crippen molar-refractivity contribution < 1.29 is 17.9 Å². The van der Waals surface area contributed by atoms with Gasteiger partial charge in [-0.3, -0.25) is 4.31 Å². The summed E-state index contributed by atoms with van der Waals surface area (Å²) < 4.78 is 29.3. The Hall–Kier alpha value is -1.56. The van der Waals surface area contributed by atoms with E-state index in [9.17, 15) is 13.2 Å². The topological polar surface area (TPSA) is 63.7 Å². The maximum absolute atomic E-state index is 11.8. The number of anilines is 1. The summed E-state index contributed by atoms with van der Waals surface area (Å²) in [6.45, 7) is 3.35. The van der Waals surface area contributed by atoms with Crippen molar-refractivity contribution in [3.63, 3.8) is 0 Å². The molecule has 0 saturated carbocycles. The fourth-order valence-electron chi connectivity index (χ4n) is 1.73. The molecule has 0 aliphatic carbocycles. The van der Waals surface area contributed by atoms with Gasteiger partial charge in [-0.25, -0.2) is 13.2 Å². The summed E-state index contributed by atoms with van der Waals surface area (Å²) in [6.07, 6.45) is 1.06. The standard InChI is InChI=1S/C12H17NO4S/c1-9-6-5-7-11(8-9)13(18(4,15)16)10(2)12(14)17-3/h5-8,10H,1-4H3/t10-/m1/s1. The van der Waals surface area contributed by atoms with Crippen molar-refractivity contribution in [2.45, 2.75) is 19.9 Å². The Balaban J connectivity index is 3.27. The van der Waals surface area contributed by atoms with Gasteiger partial charge in [-0.15, -0.1) is 0 Å². The molecule has 0 aliphatic rings. The van der Waals surface area contributed by atoms with Gasteiger partial charge in [0, 0.05) is 0 Å². The van der Waals surface area contributed by atoms with E-state index < -0.39 is 22.0 Å². The smallest absolute Gasteiger partial charge is 0.329 e. The van der Waals surface area contributed by atoms with E-state index in [2.05, 4.69) is 4.74 Å². The van der Waals surface area contributed by atoms with Crippen LogP contribution in [0.4, 0.5) is 5.69 Å². The summed E-state index contributed by atoms with van der Waals surface area (Å²) in [4.78, 5) is 11.5. The van der Waals surface area contributed by atoms with Gasteiger partial charge in [-0.2, -0.15) is 0 Å². The van der Waals surface area contributed by atoms with Crippen molar-refractivity contribution in [1.29, 1.82) is 0 Å². The molecule has 0 fully saturated rings. The fourth-order valence-corrected chi connectivity index (χ4v) is 2.89. The number of ether oxygens (including phenoxy) is 1. The summed E-state index contributed by atoms with van der Waals surface area (Å²) in [7, 11) is -2.32. The zero-order valence-electron chi connectivity index (χ0n) is 10.9. The Labute approximate surface area is 107 Å². The summed E-state index contributed by atoms with van der Waals surface area (Å²) in [5, 5.41) is 0. The van der Waals surface area contributed by atoms with E-state index in [0.29, 0.717) is 5.69 Å². The summed E-state index contributed by atoms with van der Waals surface area (Å²) >= 11 is 0. The van der Waals surface area contributed by atoms with Gasteiger partial charge in [0.1, 0.15) is 6.04 Å². The number of rotatable bonds is 4. The molecule has 0 N–H and O–H groups in total. The Morgan fingerprint density at radius 1 is 1.39 bits per heavy atom. The highest BCUT2D eigenvalue weighted by molar-refractivity contribution is 7.92. The van der Waals surface area contributed by atoms with Crippen LogP contribution >= 0.6 is 0 Å². The first-order valence-corrected chi connectivity index (χ1v) is 7.26. The number of hydrogen-bond acceptors (Lipinski definition) is 4. The Kier molecular flexibility index (Phi) is 4.34.